The van der Waals surface area contributed by atoms with Crippen LogP contribution in [0.15, 0.2) is 30.3 Å². The lowest BCUT2D eigenvalue weighted by Crippen LogP contribution is -2.25. The Kier molecular flexibility index (Phi) is 3.82. The van der Waals surface area contributed by atoms with Crippen molar-refractivity contribution in [1.82, 2.24) is 4.98 Å². The number of anilines is 1. The Morgan fingerprint density at radius 3 is 2.56 bits per heavy atom. The highest BCUT2D eigenvalue weighted by Gasteiger charge is 2.16. The van der Waals surface area contributed by atoms with Crippen LogP contribution in [0.2, 0.25) is 0 Å². The number of benzene rings is 1. The quantitative estimate of drug-likeness (QED) is 0.791. The molecule has 0 atom stereocenters. The number of hydrogen-bond acceptors (Lipinski definition) is 3. The first-order chi connectivity index (χ1) is 8.67. The highest BCUT2D eigenvalue weighted by molar-refractivity contribution is 6.68. The first-order valence-electron chi connectivity index (χ1n) is 6.02. The van der Waals surface area contributed by atoms with Crippen molar-refractivity contribution in [2.75, 3.05) is 18.0 Å². The average molecular weight is 263 g/mol. The molecule has 0 fully saturated rings. The molecule has 0 saturated heterocycles. The molecule has 0 aliphatic heterocycles. The molecule has 4 heteroatoms. The van der Waals surface area contributed by atoms with Crippen molar-refractivity contribution in [3.63, 3.8) is 0 Å². The Labute approximate surface area is 111 Å². The Morgan fingerprint density at radius 2 is 1.94 bits per heavy atom. The third kappa shape index (κ3) is 2.31. The Balaban J connectivity index is 2.68. The number of hydrogen-bond donors (Lipinski definition) is 0. The van der Waals surface area contributed by atoms with E-state index < -0.39 is 5.24 Å². The largest absolute Gasteiger partial charge is 0.357 e. The molecule has 2 rings (SSSR count). The lowest BCUT2D eigenvalue weighted by molar-refractivity contribution is 0.108. The third-order valence-electron chi connectivity index (χ3n) is 2.98. The molecule has 0 aliphatic rings. The third-order valence-corrected chi connectivity index (χ3v) is 3.18. The minimum absolute atomic E-state index is 0.463. The molecule has 18 heavy (non-hydrogen) atoms. The van der Waals surface area contributed by atoms with E-state index in [2.05, 4.69) is 4.98 Å². The van der Waals surface area contributed by atoms with E-state index in [4.69, 9.17) is 11.6 Å². The van der Waals surface area contributed by atoms with Gasteiger partial charge in [-0.2, -0.15) is 0 Å². The smallest absolute Gasteiger partial charge is 0.256 e. The zero-order chi connectivity index (χ0) is 13.1. The van der Waals surface area contributed by atoms with Gasteiger partial charge < -0.3 is 4.90 Å². The number of pyridine rings is 1. The summed E-state index contributed by atoms with van der Waals surface area (Å²) < 4.78 is 0. The molecule has 0 amide bonds. The van der Waals surface area contributed by atoms with E-state index in [1.165, 1.54) is 0 Å². The topological polar surface area (TPSA) is 33.2 Å². The first kappa shape index (κ1) is 12.8. The summed E-state index contributed by atoms with van der Waals surface area (Å²) in [5.41, 5.74) is 1.35. The zero-order valence-corrected chi connectivity index (χ0v) is 11.2. The fourth-order valence-corrected chi connectivity index (χ4v) is 2.15. The zero-order valence-electron chi connectivity index (χ0n) is 10.5. The van der Waals surface area contributed by atoms with Crippen molar-refractivity contribution in [2.24, 2.45) is 0 Å². The summed E-state index contributed by atoms with van der Waals surface area (Å²) in [6, 6.07) is 9.53. The van der Waals surface area contributed by atoms with Gasteiger partial charge in [-0.15, -0.1) is 0 Å². The summed E-state index contributed by atoms with van der Waals surface area (Å²) >= 11 is 5.66. The molecule has 1 aromatic carbocycles. The maximum atomic E-state index is 11.5. The number of carbonyl (C=O) groups is 1. The van der Waals surface area contributed by atoms with Gasteiger partial charge >= 0.3 is 0 Å². The molecule has 0 aliphatic carbocycles. The van der Waals surface area contributed by atoms with Crippen LogP contribution in [0.5, 0.6) is 0 Å². The summed E-state index contributed by atoms with van der Waals surface area (Å²) in [7, 11) is 0. The summed E-state index contributed by atoms with van der Waals surface area (Å²) in [6.07, 6.45) is 0. The van der Waals surface area contributed by atoms with Gasteiger partial charge in [0.15, 0.2) is 0 Å². The van der Waals surface area contributed by atoms with E-state index in [0.717, 1.165) is 24.0 Å². The van der Waals surface area contributed by atoms with Crippen LogP contribution in [0.25, 0.3) is 10.9 Å². The number of carbonyl (C=O) groups excluding carboxylic acids is 1. The number of aromatic nitrogens is 1. The Morgan fingerprint density at radius 1 is 1.28 bits per heavy atom. The van der Waals surface area contributed by atoms with Crippen LogP contribution in [0.3, 0.4) is 0 Å². The van der Waals surface area contributed by atoms with Gasteiger partial charge in [0.05, 0.1) is 11.1 Å². The van der Waals surface area contributed by atoms with Crippen molar-refractivity contribution >= 4 is 33.6 Å². The number of para-hydroxylation sites is 1. The van der Waals surface area contributed by atoms with Crippen molar-refractivity contribution in [3.8, 4) is 0 Å². The molecular weight excluding hydrogens is 248 g/mol. The van der Waals surface area contributed by atoms with Crippen LogP contribution in [0.1, 0.15) is 24.2 Å². The molecular formula is C14H15ClN2O. The molecule has 1 heterocycles. The van der Waals surface area contributed by atoms with Crippen LogP contribution in [-0.4, -0.2) is 23.3 Å². The number of fused-ring (bicyclic) bond motifs is 1. The summed E-state index contributed by atoms with van der Waals surface area (Å²) in [5.74, 6) is 0.665. The van der Waals surface area contributed by atoms with Crippen LogP contribution in [0.4, 0.5) is 5.82 Å². The van der Waals surface area contributed by atoms with Crippen LogP contribution in [-0.2, 0) is 0 Å². The molecule has 0 saturated carbocycles. The van der Waals surface area contributed by atoms with Gasteiger partial charge in [-0.1, -0.05) is 18.2 Å². The number of rotatable bonds is 4. The van der Waals surface area contributed by atoms with Crippen molar-refractivity contribution in [3.05, 3.63) is 35.9 Å². The monoisotopic (exact) mass is 262 g/mol. The Hall–Kier alpha value is -1.61. The first-order valence-corrected chi connectivity index (χ1v) is 6.39. The van der Waals surface area contributed by atoms with Crippen LogP contribution in [0, 0.1) is 0 Å². The molecule has 0 unspecified atom stereocenters. The van der Waals surface area contributed by atoms with Crippen molar-refractivity contribution in [1.29, 1.82) is 0 Å². The normalized spacial score (nSPS) is 10.6. The number of halogens is 1. The van der Waals surface area contributed by atoms with Gasteiger partial charge in [-0.3, -0.25) is 4.79 Å². The summed E-state index contributed by atoms with van der Waals surface area (Å²) in [6.45, 7) is 5.64. The predicted octanol–water partition coefficient (Wildman–Crippen LogP) is 3.46. The predicted molar refractivity (Wildman–Crippen MR) is 75.5 cm³/mol. The van der Waals surface area contributed by atoms with Crippen LogP contribution < -0.4 is 4.90 Å². The van der Waals surface area contributed by atoms with Gasteiger partial charge in [0.2, 0.25) is 0 Å². The van der Waals surface area contributed by atoms with Gasteiger partial charge in [-0.05, 0) is 37.6 Å². The molecule has 3 nitrogen and oxygen atoms in total. The van der Waals surface area contributed by atoms with E-state index >= 15 is 0 Å². The van der Waals surface area contributed by atoms with E-state index in [9.17, 15) is 4.79 Å². The van der Waals surface area contributed by atoms with E-state index in [1.54, 1.807) is 0 Å². The second-order valence-electron chi connectivity index (χ2n) is 4.00. The van der Waals surface area contributed by atoms with Gasteiger partial charge in [0.1, 0.15) is 5.82 Å². The molecule has 1 aromatic heterocycles. The SMILES string of the molecule is CCN(CC)c1nc2ccccc2cc1C(=O)Cl. The van der Waals surface area contributed by atoms with Crippen LogP contribution >= 0.6 is 11.6 Å². The van der Waals surface area contributed by atoms with E-state index in [-0.39, 0.29) is 0 Å². The molecule has 0 N–H and O–H groups in total. The molecule has 2 aromatic rings. The summed E-state index contributed by atoms with van der Waals surface area (Å²) in [4.78, 5) is 18.1. The Bertz CT molecular complexity index is 579. The standard InChI is InChI=1S/C14H15ClN2O/c1-3-17(4-2)14-11(13(15)18)9-10-7-5-6-8-12(10)16-14/h5-9H,3-4H2,1-2H3. The molecule has 94 valence electrons. The van der Waals surface area contributed by atoms with Crippen molar-refractivity contribution in [2.45, 2.75) is 13.8 Å². The van der Waals surface area contributed by atoms with Gasteiger partial charge in [-0.25, -0.2) is 4.98 Å². The maximum absolute atomic E-state index is 11.5. The van der Waals surface area contributed by atoms with E-state index in [1.807, 2.05) is 49.1 Å². The lowest BCUT2D eigenvalue weighted by atomic mass is 10.1. The lowest BCUT2D eigenvalue weighted by Gasteiger charge is -2.22. The second-order valence-corrected chi connectivity index (χ2v) is 4.34. The molecule has 0 bridgehead atoms. The minimum atomic E-state index is -0.463. The van der Waals surface area contributed by atoms with E-state index in [0.29, 0.717) is 11.4 Å². The number of nitrogens with zero attached hydrogens (tertiary/aromatic N) is 2. The average Bonchev–Trinajstić information content (AvgIpc) is 2.39. The van der Waals surface area contributed by atoms with Crippen molar-refractivity contribution < 1.29 is 4.79 Å². The fourth-order valence-electron chi connectivity index (χ4n) is 2.01. The molecule has 0 radical (unpaired) electrons. The second kappa shape index (κ2) is 5.36. The van der Waals surface area contributed by atoms with Gasteiger partial charge in [0.25, 0.3) is 5.24 Å². The molecule has 0 spiro atoms. The minimum Gasteiger partial charge on any atom is -0.357 e. The highest BCUT2D eigenvalue weighted by atomic mass is 35.5. The maximum Gasteiger partial charge on any atom is 0.256 e. The summed E-state index contributed by atoms with van der Waals surface area (Å²) in [5, 5.41) is 0.465. The van der Waals surface area contributed by atoms with Gasteiger partial charge in [0, 0.05) is 18.5 Å². The fraction of sp³-hybridized carbons (Fsp3) is 0.286. The highest BCUT2D eigenvalue weighted by Crippen LogP contribution is 2.24.